The molecule has 0 aliphatic carbocycles. The van der Waals surface area contributed by atoms with Crippen LogP contribution in [0.3, 0.4) is 0 Å². The average Bonchev–Trinajstić information content (AvgIpc) is 2.31. The van der Waals surface area contributed by atoms with Crippen LogP contribution in [0.2, 0.25) is 0 Å². The van der Waals surface area contributed by atoms with Crippen molar-refractivity contribution in [1.82, 2.24) is 4.72 Å². The Hall–Kier alpha value is -1.58. The van der Waals surface area contributed by atoms with Crippen molar-refractivity contribution in [3.63, 3.8) is 0 Å². The van der Waals surface area contributed by atoms with Crippen LogP contribution < -0.4 is 4.72 Å². The molecule has 0 amide bonds. The second-order valence-corrected chi connectivity index (χ2v) is 5.15. The first kappa shape index (κ1) is 15.5. The van der Waals surface area contributed by atoms with E-state index in [1.165, 1.54) is 0 Å². The number of sulfonamides is 1. The highest BCUT2D eigenvalue weighted by atomic mass is 32.2. The van der Waals surface area contributed by atoms with Gasteiger partial charge < -0.3 is 9.84 Å². The van der Waals surface area contributed by atoms with E-state index in [1.54, 1.807) is 0 Å². The van der Waals surface area contributed by atoms with Gasteiger partial charge in [0.15, 0.2) is 0 Å². The molecule has 0 unspecified atom stereocenters. The van der Waals surface area contributed by atoms with Crippen molar-refractivity contribution in [2.45, 2.75) is 4.90 Å². The van der Waals surface area contributed by atoms with Crippen molar-refractivity contribution >= 4 is 16.0 Å². The topological polar surface area (TPSA) is 92.7 Å². The molecule has 0 bridgehead atoms. The summed E-state index contributed by atoms with van der Waals surface area (Å²) >= 11 is 0. The van der Waals surface area contributed by atoms with Crippen LogP contribution in [-0.2, 0) is 19.6 Å². The van der Waals surface area contributed by atoms with E-state index in [1.807, 2.05) is 4.72 Å². The van der Waals surface area contributed by atoms with Crippen molar-refractivity contribution in [2.75, 3.05) is 19.8 Å². The molecule has 0 saturated heterocycles. The van der Waals surface area contributed by atoms with E-state index < -0.39 is 39.1 Å². The molecule has 106 valence electrons. The average molecular weight is 295 g/mol. The van der Waals surface area contributed by atoms with Crippen molar-refractivity contribution < 1.29 is 31.8 Å². The van der Waals surface area contributed by atoms with Gasteiger partial charge in [0, 0.05) is 6.54 Å². The lowest BCUT2D eigenvalue weighted by molar-refractivity contribution is -0.142. The Morgan fingerprint density at radius 3 is 2.68 bits per heavy atom. The monoisotopic (exact) mass is 295 g/mol. The molecule has 6 nitrogen and oxygen atoms in total. The van der Waals surface area contributed by atoms with Crippen LogP contribution in [0.5, 0.6) is 0 Å². The molecule has 0 fully saturated rings. The molecule has 0 radical (unpaired) electrons. The van der Waals surface area contributed by atoms with Crippen LogP contribution in [0.25, 0.3) is 0 Å². The fourth-order valence-electron chi connectivity index (χ4n) is 1.17. The Labute approximate surface area is 108 Å². The molecule has 1 rings (SSSR count). The largest absolute Gasteiger partial charge is 0.480 e. The summed E-state index contributed by atoms with van der Waals surface area (Å²) in [5, 5.41) is 8.26. The number of hydrogen-bond acceptors (Lipinski definition) is 4. The maximum absolute atomic E-state index is 13.3. The smallest absolute Gasteiger partial charge is 0.329 e. The third-order valence-corrected chi connectivity index (χ3v) is 3.42. The van der Waals surface area contributed by atoms with E-state index in [9.17, 15) is 22.0 Å². The number of hydrogen-bond donors (Lipinski definition) is 2. The van der Waals surface area contributed by atoms with E-state index >= 15 is 0 Å². The third kappa shape index (κ3) is 4.89. The molecule has 0 aliphatic heterocycles. The van der Waals surface area contributed by atoms with Crippen LogP contribution in [0.1, 0.15) is 0 Å². The molecule has 0 spiro atoms. The number of nitrogens with one attached hydrogen (secondary N) is 1. The Balaban J connectivity index is 2.61. The van der Waals surface area contributed by atoms with Crippen molar-refractivity contribution in [1.29, 1.82) is 0 Å². The van der Waals surface area contributed by atoms with Gasteiger partial charge >= 0.3 is 5.97 Å². The number of carboxylic acid groups (broad SMARTS) is 1. The predicted octanol–water partition coefficient (Wildman–Crippen LogP) is 0.344. The SMILES string of the molecule is O=C(O)COCCNS(=O)(=O)c1cc(F)ccc1F. The predicted molar refractivity (Wildman–Crippen MR) is 60.0 cm³/mol. The molecular formula is C10H11F2NO5S. The lowest BCUT2D eigenvalue weighted by Crippen LogP contribution is -2.28. The Bertz CT molecular complexity index is 561. The van der Waals surface area contributed by atoms with Crippen LogP contribution in [-0.4, -0.2) is 39.3 Å². The summed E-state index contributed by atoms with van der Waals surface area (Å²) in [4.78, 5) is 9.29. The number of halogens is 2. The van der Waals surface area contributed by atoms with E-state index in [0.717, 1.165) is 6.07 Å². The highest BCUT2D eigenvalue weighted by molar-refractivity contribution is 7.89. The van der Waals surface area contributed by atoms with Gasteiger partial charge in [-0.05, 0) is 18.2 Å². The van der Waals surface area contributed by atoms with Crippen LogP contribution in [0, 0.1) is 11.6 Å². The van der Waals surface area contributed by atoms with Gasteiger partial charge in [0.1, 0.15) is 23.1 Å². The van der Waals surface area contributed by atoms with Gasteiger partial charge in [-0.15, -0.1) is 0 Å². The van der Waals surface area contributed by atoms with Gasteiger partial charge in [0.2, 0.25) is 10.0 Å². The Morgan fingerprint density at radius 1 is 1.37 bits per heavy atom. The summed E-state index contributed by atoms with van der Waals surface area (Å²) in [7, 11) is -4.21. The zero-order valence-corrected chi connectivity index (χ0v) is 10.4. The zero-order valence-electron chi connectivity index (χ0n) is 9.60. The Kier molecular flexibility index (Phi) is 5.33. The number of carbonyl (C=O) groups is 1. The minimum Gasteiger partial charge on any atom is -0.480 e. The zero-order chi connectivity index (χ0) is 14.5. The first-order valence-corrected chi connectivity index (χ1v) is 6.55. The number of aliphatic carboxylic acids is 1. The summed E-state index contributed by atoms with van der Waals surface area (Å²) in [5.74, 6) is -3.16. The molecule has 9 heteroatoms. The van der Waals surface area contributed by atoms with E-state index in [0.29, 0.717) is 12.1 Å². The number of ether oxygens (including phenoxy) is 1. The highest BCUT2D eigenvalue weighted by Crippen LogP contribution is 2.15. The minimum absolute atomic E-state index is 0.206. The summed E-state index contributed by atoms with van der Waals surface area (Å²) in [6.07, 6.45) is 0. The summed E-state index contributed by atoms with van der Waals surface area (Å²) in [6, 6.07) is 2.05. The third-order valence-electron chi connectivity index (χ3n) is 1.95. The van der Waals surface area contributed by atoms with Crippen LogP contribution >= 0.6 is 0 Å². The Morgan fingerprint density at radius 2 is 2.05 bits per heavy atom. The molecule has 0 saturated carbocycles. The fourth-order valence-corrected chi connectivity index (χ4v) is 2.27. The second kappa shape index (κ2) is 6.55. The first-order chi connectivity index (χ1) is 8.83. The number of benzene rings is 1. The second-order valence-electron chi connectivity index (χ2n) is 3.42. The van der Waals surface area contributed by atoms with Crippen LogP contribution in [0.4, 0.5) is 8.78 Å². The van der Waals surface area contributed by atoms with Gasteiger partial charge in [-0.3, -0.25) is 0 Å². The van der Waals surface area contributed by atoms with Crippen LogP contribution in [0.15, 0.2) is 23.1 Å². The van der Waals surface area contributed by atoms with E-state index in [4.69, 9.17) is 5.11 Å². The minimum atomic E-state index is -4.21. The van der Waals surface area contributed by atoms with E-state index in [2.05, 4.69) is 4.74 Å². The van der Waals surface area contributed by atoms with Gasteiger partial charge in [-0.2, -0.15) is 0 Å². The van der Waals surface area contributed by atoms with Gasteiger partial charge in [-0.1, -0.05) is 0 Å². The molecular weight excluding hydrogens is 284 g/mol. The van der Waals surface area contributed by atoms with Gasteiger partial charge in [-0.25, -0.2) is 26.7 Å². The van der Waals surface area contributed by atoms with Crippen molar-refractivity contribution in [3.05, 3.63) is 29.8 Å². The molecule has 0 aromatic heterocycles. The van der Waals surface area contributed by atoms with Gasteiger partial charge in [0.25, 0.3) is 0 Å². The molecule has 0 atom stereocenters. The highest BCUT2D eigenvalue weighted by Gasteiger charge is 2.19. The van der Waals surface area contributed by atoms with Gasteiger partial charge in [0.05, 0.1) is 6.61 Å². The molecule has 19 heavy (non-hydrogen) atoms. The number of rotatable bonds is 7. The quantitative estimate of drug-likeness (QED) is 0.708. The molecule has 1 aromatic carbocycles. The first-order valence-electron chi connectivity index (χ1n) is 5.07. The standard InChI is InChI=1S/C10H11F2NO5S/c11-7-1-2-8(12)9(5-7)19(16,17)13-3-4-18-6-10(14)15/h1-2,5,13H,3-4,6H2,(H,14,15). The van der Waals surface area contributed by atoms with E-state index in [-0.39, 0.29) is 13.2 Å². The normalized spacial score (nSPS) is 11.5. The maximum Gasteiger partial charge on any atom is 0.329 e. The summed E-state index contributed by atoms with van der Waals surface area (Å²) in [5.41, 5.74) is 0. The molecule has 0 aliphatic rings. The molecule has 1 aromatic rings. The molecule has 0 heterocycles. The maximum atomic E-state index is 13.3. The lowest BCUT2D eigenvalue weighted by Gasteiger charge is -2.07. The molecule has 2 N–H and O–H groups in total. The summed E-state index contributed by atoms with van der Waals surface area (Å²) < 4.78 is 55.9. The van der Waals surface area contributed by atoms with Crippen molar-refractivity contribution in [3.8, 4) is 0 Å². The lowest BCUT2D eigenvalue weighted by atomic mass is 10.3. The summed E-state index contributed by atoms with van der Waals surface area (Å²) in [6.45, 7) is -1.04. The number of carboxylic acids is 1. The fraction of sp³-hybridized carbons (Fsp3) is 0.300. The van der Waals surface area contributed by atoms with Crippen molar-refractivity contribution in [2.24, 2.45) is 0 Å².